The highest BCUT2D eigenvalue weighted by Crippen LogP contribution is 2.29. The van der Waals surface area contributed by atoms with Gasteiger partial charge >= 0.3 is 0 Å². The predicted molar refractivity (Wildman–Crippen MR) is 89.5 cm³/mol. The molecule has 0 aromatic carbocycles. The standard InChI is InChI=1S/C16H30N4S/c1-13-18-19-16(20(13)2)21-15-12-10-8-6-4-3-5-7-9-11-14(15)17/h14-15H,3-12,17H2,1-2H3. The summed E-state index contributed by atoms with van der Waals surface area (Å²) in [5.41, 5.74) is 6.49. The SMILES string of the molecule is Cc1nnc(SC2CCCCCCCCCCC2N)n1C. The number of thioether (sulfide) groups is 1. The summed E-state index contributed by atoms with van der Waals surface area (Å²) in [7, 11) is 2.04. The Bertz CT molecular complexity index is 418. The van der Waals surface area contributed by atoms with E-state index < -0.39 is 0 Å². The molecule has 120 valence electrons. The highest BCUT2D eigenvalue weighted by Gasteiger charge is 2.21. The van der Waals surface area contributed by atoms with Gasteiger partial charge in [-0.3, -0.25) is 0 Å². The van der Waals surface area contributed by atoms with E-state index in [1.165, 1.54) is 57.8 Å². The van der Waals surface area contributed by atoms with Gasteiger partial charge < -0.3 is 10.3 Å². The molecule has 21 heavy (non-hydrogen) atoms. The summed E-state index contributed by atoms with van der Waals surface area (Å²) in [6, 6.07) is 0.284. The van der Waals surface area contributed by atoms with Gasteiger partial charge in [0.05, 0.1) is 0 Å². The van der Waals surface area contributed by atoms with Crippen LogP contribution in [0.25, 0.3) is 0 Å². The third-order valence-corrected chi connectivity index (χ3v) is 6.02. The molecular formula is C16H30N4S. The fourth-order valence-corrected chi connectivity index (χ4v) is 4.20. The van der Waals surface area contributed by atoms with Gasteiger partial charge in [0.2, 0.25) is 0 Å². The summed E-state index contributed by atoms with van der Waals surface area (Å²) in [5, 5.41) is 9.95. The first-order valence-electron chi connectivity index (χ1n) is 8.46. The van der Waals surface area contributed by atoms with Crippen molar-refractivity contribution in [1.29, 1.82) is 0 Å². The molecule has 2 unspecified atom stereocenters. The Labute approximate surface area is 133 Å². The maximum atomic E-state index is 6.49. The van der Waals surface area contributed by atoms with Crippen molar-refractivity contribution in [3.63, 3.8) is 0 Å². The van der Waals surface area contributed by atoms with Crippen LogP contribution in [0.2, 0.25) is 0 Å². The maximum absolute atomic E-state index is 6.49. The quantitative estimate of drug-likeness (QED) is 0.902. The first kappa shape index (κ1) is 16.8. The average molecular weight is 311 g/mol. The zero-order valence-electron chi connectivity index (χ0n) is 13.6. The number of hydrogen-bond acceptors (Lipinski definition) is 4. The van der Waals surface area contributed by atoms with Gasteiger partial charge in [0.25, 0.3) is 0 Å². The molecule has 1 saturated carbocycles. The summed E-state index contributed by atoms with van der Waals surface area (Å²) < 4.78 is 2.08. The summed E-state index contributed by atoms with van der Waals surface area (Å²) in [6.45, 7) is 2.00. The van der Waals surface area contributed by atoms with Crippen molar-refractivity contribution in [2.45, 2.75) is 87.6 Å². The molecule has 1 aromatic rings. The van der Waals surface area contributed by atoms with E-state index >= 15 is 0 Å². The monoisotopic (exact) mass is 310 g/mol. The van der Waals surface area contributed by atoms with Crippen molar-refractivity contribution in [1.82, 2.24) is 14.8 Å². The van der Waals surface area contributed by atoms with Crippen molar-refractivity contribution in [2.24, 2.45) is 12.8 Å². The molecule has 2 rings (SSSR count). The van der Waals surface area contributed by atoms with E-state index in [0.717, 1.165) is 17.4 Å². The van der Waals surface area contributed by atoms with Crippen molar-refractivity contribution < 1.29 is 0 Å². The van der Waals surface area contributed by atoms with Gasteiger partial charge in [-0.05, 0) is 19.8 Å². The third-order valence-electron chi connectivity index (χ3n) is 4.56. The van der Waals surface area contributed by atoms with Gasteiger partial charge in [0.1, 0.15) is 5.82 Å². The highest BCUT2D eigenvalue weighted by molar-refractivity contribution is 7.99. The zero-order valence-corrected chi connectivity index (χ0v) is 14.4. The third kappa shape index (κ3) is 5.29. The van der Waals surface area contributed by atoms with Crippen molar-refractivity contribution in [3.8, 4) is 0 Å². The number of rotatable bonds is 2. The summed E-state index contributed by atoms with van der Waals surface area (Å²) in [4.78, 5) is 0. The Morgan fingerprint density at radius 2 is 1.52 bits per heavy atom. The molecule has 0 radical (unpaired) electrons. The first-order valence-corrected chi connectivity index (χ1v) is 9.34. The molecule has 2 N–H and O–H groups in total. The fourth-order valence-electron chi connectivity index (χ4n) is 2.96. The second kappa shape index (κ2) is 8.79. The minimum absolute atomic E-state index is 0.284. The molecule has 5 heteroatoms. The lowest BCUT2D eigenvalue weighted by atomic mass is 9.98. The van der Waals surface area contributed by atoms with Crippen LogP contribution in [0.15, 0.2) is 5.16 Å². The molecule has 0 spiro atoms. The lowest BCUT2D eigenvalue weighted by Gasteiger charge is -2.23. The van der Waals surface area contributed by atoms with Gasteiger partial charge in [0, 0.05) is 18.3 Å². The fraction of sp³-hybridized carbons (Fsp3) is 0.875. The zero-order chi connectivity index (χ0) is 15.1. The molecule has 1 aromatic heterocycles. The van der Waals surface area contributed by atoms with Crippen molar-refractivity contribution in [3.05, 3.63) is 5.82 Å². The maximum Gasteiger partial charge on any atom is 0.191 e. The summed E-state index contributed by atoms with van der Waals surface area (Å²) in [6.07, 6.45) is 13.2. The largest absolute Gasteiger partial charge is 0.327 e. The molecule has 1 aliphatic rings. The second-order valence-electron chi connectivity index (χ2n) is 6.31. The van der Waals surface area contributed by atoms with Crippen LogP contribution in [0.3, 0.4) is 0 Å². The second-order valence-corrected chi connectivity index (χ2v) is 7.52. The highest BCUT2D eigenvalue weighted by atomic mass is 32.2. The Morgan fingerprint density at radius 3 is 2.10 bits per heavy atom. The molecule has 0 aliphatic heterocycles. The predicted octanol–water partition coefficient (Wildman–Crippen LogP) is 3.83. The molecule has 0 amide bonds. The number of nitrogens with zero attached hydrogens (tertiary/aromatic N) is 3. The van der Waals surface area contributed by atoms with E-state index in [1.54, 1.807) is 0 Å². The number of nitrogens with two attached hydrogens (primary N) is 1. The van der Waals surface area contributed by atoms with Crippen LogP contribution in [0.1, 0.15) is 70.0 Å². The smallest absolute Gasteiger partial charge is 0.191 e. The molecule has 1 heterocycles. The van der Waals surface area contributed by atoms with Crippen LogP contribution in [0.4, 0.5) is 0 Å². The van der Waals surface area contributed by atoms with E-state index in [0.29, 0.717) is 5.25 Å². The van der Waals surface area contributed by atoms with E-state index in [4.69, 9.17) is 5.73 Å². The average Bonchev–Trinajstić information content (AvgIpc) is 2.78. The van der Waals surface area contributed by atoms with Gasteiger partial charge in [0.15, 0.2) is 5.16 Å². The van der Waals surface area contributed by atoms with Gasteiger partial charge in [-0.15, -0.1) is 10.2 Å². The number of hydrogen-bond donors (Lipinski definition) is 1. The summed E-state index contributed by atoms with van der Waals surface area (Å²) >= 11 is 1.84. The molecule has 4 nitrogen and oxygen atoms in total. The Hall–Kier alpha value is -0.550. The minimum Gasteiger partial charge on any atom is -0.327 e. The van der Waals surface area contributed by atoms with E-state index in [-0.39, 0.29) is 6.04 Å². The van der Waals surface area contributed by atoms with Crippen LogP contribution in [0, 0.1) is 6.92 Å². The molecule has 1 aliphatic carbocycles. The van der Waals surface area contributed by atoms with E-state index in [1.807, 2.05) is 25.7 Å². The van der Waals surface area contributed by atoms with Crippen LogP contribution in [-0.4, -0.2) is 26.1 Å². The van der Waals surface area contributed by atoms with E-state index in [2.05, 4.69) is 14.8 Å². The topological polar surface area (TPSA) is 56.7 Å². The van der Waals surface area contributed by atoms with Crippen LogP contribution in [0.5, 0.6) is 0 Å². The molecule has 0 bridgehead atoms. The van der Waals surface area contributed by atoms with Crippen LogP contribution >= 0.6 is 11.8 Å². The molecule has 1 fully saturated rings. The normalized spacial score (nSPS) is 26.0. The Balaban J connectivity index is 1.96. The molecule has 0 saturated heterocycles. The molecule has 2 atom stereocenters. The van der Waals surface area contributed by atoms with Crippen LogP contribution < -0.4 is 5.73 Å². The van der Waals surface area contributed by atoms with Crippen molar-refractivity contribution in [2.75, 3.05) is 0 Å². The van der Waals surface area contributed by atoms with Crippen molar-refractivity contribution >= 4 is 11.8 Å². The lowest BCUT2D eigenvalue weighted by molar-refractivity contribution is 0.472. The number of aromatic nitrogens is 3. The summed E-state index contributed by atoms with van der Waals surface area (Å²) in [5.74, 6) is 0.972. The van der Waals surface area contributed by atoms with Gasteiger partial charge in [-0.2, -0.15) is 0 Å². The Kier molecular flexibility index (Phi) is 7.04. The van der Waals surface area contributed by atoms with Gasteiger partial charge in [-0.25, -0.2) is 0 Å². The van der Waals surface area contributed by atoms with Crippen LogP contribution in [-0.2, 0) is 7.05 Å². The van der Waals surface area contributed by atoms with Gasteiger partial charge in [-0.1, -0.05) is 63.1 Å². The van der Waals surface area contributed by atoms with E-state index in [9.17, 15) is 0 Å². The first-order chi connectivity index (χ1) is 10.2. The lowest BCUT2D eigenvalue weighted by Crippen LogP contribution is -2.32. The molecular weight excluding hydrogens is 280 g/mol. The minimum atomic E-state index is 0.284. The Morgan fingerprint density at radius 1 is 0.952 bits per heavy atom. The number of aryl methyl sites for hydroxylation is 1.